The number of nitrogens with two attached hydrogens (primary N) is 1. The van der Waals surface area contributed by atoms with Gasteiger partial charge in [0.2, 0.25) is 15.9 Å². The molecule has 7 heteroatoms. The van der Waals surface area contributed by atoms with Crippen LogP contribution in [0.5, 0.6) is 0 Å². The second-order valence-corrected chi connectivity index (χ2v) is 8.18. The molecule has 0 saturated heterocycles. The van der Waals surface area contributed by atoms with Crippen LogP contribution in [0.4, 0.5) is 0 Å². The van der Waals surface area contributed by atoms with E-state index >= 15 is 0 Å². The molecule has 0 spiro atoms. The Labute approximate surface area is 123 Å². The predicted molar refractivity (Wildman–Crippen MR) is 79.0 cm³/mol. The summed E-state index contributed by atoms with van der Waals surface area (Å²) in [7, 11) is -3.66. The summed E-state index contributed by atoms with van der Waals surface area (Å²) in [5.41, 5.74) is 0. The van der Waals surface area contributed by atoms with E-state index in [1.807, 2.05) is 4.90 Å². The minimum atomic E-state index is -3.66. The lowest BCUT2D eigenvalue weighted by Crippen LogP contribution is -2.34. The molecular weight excluding hydrogens is 296 g/mol. The van der Waals surface area contributed by atoms with Crippen molar-refractivity contribution in [3.05, 3.63) is 17.0 Å². The third-order valence-electron chi connectivity index (χ3n) is 3.26. The summed E-state index contributed by atoms with van der Waals surface area (Å²) in [5.74, 6) is 0.732. The number of amides is 1. The number of thiophene rings is 1. The quantitative estimate of drug-likeness (QED) is 0.829. The molecule has 2 rings (SSSR count). The van der Waals surface area contributed by atoms with Gasteiger partial charge < -0.3 is 4.90 Å². The van der Waals surface area contributed by atoms with Gasteiger partial charge in [-0.1, -0.05) is 6.92 Å². The van der Waals surface area contributed by atoms with Gasteiger partial charge in [-0.05, 0) is 37.3 Å². The summed E-state index contributed by atoms with van der Waals surface area (Å²) in [4.78, 5) is 14.9. The first-order valence-electron chi connectivity index (χ1n) is 6.79. The van der Waals surface area contributed by atoms with Crippen molar-refractivity contribution in [1.29, 1.82) is 0 Å². The number of primary sulfonamides is 1. The zero-order valence-electron chi connectivity index (χ0n) is 11.5. The van der Waals surface area contributed by atoms with E-state index in [0.717, 1.165) is 35.7 Å². The maximum atomic E-state index is 12.3. The second kappa shape index (κ2) is 6.24. The first kappa shape index (κ1) is 15.5. The van der Waals surface area contributed by atoms with Crippen LogP contribution in [-0.2, 0) is 21.2 Å². The Bertz CT molecular complexity index is 576. The van der Waals surface area contributed by atoms with Crippen LogP contribution >= 0.6 is 11.3 Å². The summed E-state index contributed by atoms with van der Waals surface area (Å²) in [5, 5.41) is 5.07. The molecule has 5 nitrogen and oxygen atoms in total. The van der Waals surface area contributed by atoms with Crippen LogP contribution in [0.25, 0.3) is 0 Å². The lowest BCUT2D eigenvalue weighted by Gasteiger charge is -2.21. The van der Waals surface area contributed by atoms with Crippen molar-refractivity contribution in [1.82, 2.24) is 4.90 Å². The number of hydrogen-bond acceptors (Lipinski definition) is 4. The van der Waals surface area contributed by atoms with Gasteiger partial charge in [0.15, 0.2) is 0 Å². The first-order valence-corrected chi connectivity index (χ1v) is 9.15. The summed E-state index contributed by atoms with van der Waals surface area (Å²) >= 11 is 1.08. The van der Waals surface area contributed by atoms with Gasteiger partial charge in [0, 0.05) is 18.0 Å². The monoisotopic (exact) mass is 316 g/mol. The molecule has 1 saturated carbocycles. The highest BCUT2D eigenvalue weighted by Gasteiger charge is 2.26. The molecule has 1 heterocycles. The molecule has 1 aliphatic carbocycles. The maximum Gasteiger partial charge on any atom is 0.247 e. The van der Waals surface area contributed by atoms with Gasteiger partial charge in [0.05, 0.1) is 6.42 Å². The molecule has 0 aliphatic heterocycles. The largest absolute Gasteiger partial charge is 0.342 e. The van der Waals surface area contributed by atoms with Gasteiger partial charge in [-0.25, -0.2) is 13.6 Å². The van der Waals surface area contributed by atoms with Gasteiger partial charge in [-0.15, -0.1) is 11.3 Å². The number of carbonyl (C=O) groups is 1. The SMILES string of the molecule is CCCN(CC1CC1)C(=O)Cc1ccc(S(N)(=O)=O)s1. The van der Waals surface area contributed by atoms with Crippen molar-refractivity contribution in [3.63, 3.8) is 0 Å². The second-order valence-electron chi connectivity index (χ2n) is 5.23. The van der Waals surface area contributed by atoms with Gasteiger partial charge in [0.1, 0.15) is 4.21 Å². The Morgan fingerprint density at radius 3 is 2.65 bits per heavy atom. The fraction of sp³-hybridized carbons (Fsp3) is 0.615. The van der Waals surface area contributed by atoms with Gasteiger partial charge in [0.25, 0.3) is 0 Å². The van der Waals surface area contributed by atoms with E-state index < -0.39 is 10.0 Å². The van der Waals surface area contributed by atoms with Crippen molar-refractivity contribution in [2.24, 2.45) is 11.1 Å². The molecule has 0 aromatic carbocycles. The van der Waals surface area contributed by atoms with Crippen LogP contribution in [0.3, 0.4) is 0 Å². The van der Waals surface area contributed by atoms with E-state index in [2.05, 4.69) is 6.92 Å². The van der Waals surface area contributed by atoms with Crippen molar-refractivity contribution in [2.75, 3.05) is 13.1 Å². The molecule has 2 N–H and O–H groups in total. The van der Waals surface area contributed by atoms with E-state index in [0.29, 0.717) is 5.92 Å². The molecule has 1 aromatic heterocycles. The fourth-order valence-electron chi connectivity index (χ4n) is 2.07. The van der Waals surface area contributed by atoms with Crippen molar-refractivity contribution in [3.8, 4) is 0 Å². The summed E-state index contributed by atoms with van der Waals surface area (Å²) in [6.07, 6.45) is 3.61. The zero-order valence-corrected chi connectivity index (χ0v) is 13.2. The Balaban J connectivity index is 1.99. The minimum Gasteiger partial charge on any atom is -0.342 e. The van der Waals surface area contributed by atoms with E-state index in [1.165, 1.54) is 18.9 Å². The van der Waals surface area contributed by atoms with Crippen LogP contribution < -0.4 is 5.14 Å². The minimum absolute atomic E-state index is 0.0709. The summed E-state index contributed by atoms with van der Waals surface area (Å²) in [6, 6.07) is 3.14. The molecule has 20 heavy (non-hydrogen) atoms. The van der Waals surface area contributed by atoms with Crippen LogP contribution in [0.2, 0.25) is 0 Å². The van der Waals surface area contributed by atoms with Gasteiger partial charge in [-0.3, -0.25) is 4.79 Å². The number of nitrogens with zero attached hydrogens (tertiary/aromatic N) is 1. The highest BCUT2D eigenvalue weighted by Crippen LogP contribution is 2.30. The normalized spacial score (nSPS) is 15.3. The Morgan fingerprint density at radius 1 is 1.45 bits per heavy atom. The number of sulfonamides is 1. The maximum absolute atomic E-state index is 12.3. The lowest BCUT2D eigenvalue weighted by molar-refractivity contribution is -0.130. The van der Waals surface area contributed by atoms with E-state index in [9.17, 15) is 13.2 Å². The standard InChI is InChI=1S/C13H20N2O3S2/c1-2-7-15(9-10-3-4-10)12(16)8-11-5-6-13(19-11)20(14,17)18/h5-6,10H,2-4,7-9H2,1H3,(H2,14,17,18). The van der Waals surface area contributed by atoms with E-state index in [1.54, 1.807) is 6.07 Å². The van der Waals surface area contributed by atoms with Crippen LogP contribution in [0.15, 0.2) is 16.3 Å². The molecular formula is C13H20N2O3S2. The zero-order chi connectivity index (χ0) is 14.8. The Morgan fingerprint density at radius 2 is 2.15 bits per heavy atom. The molecule has 0 atom stereocenters. The molecule has 112 valence electrons. The number of carbonyl (C=O) groups excluding carboxylic acids is 1. The molecule has 1 fully saturated rings. The van der Waals surface area contributed by atoms with Crippen molar-refractivity contribution < 1.29 is 13.2 Å². The first-order chi connectivity index (χ1) is 9.40. The van der Waals surface area contributed by atoms with Crippen LogP contribution in [-0.4, -0.2) is 32.3 Å². The van der Waals surface area contributed by atoms with Crippen LogP contribution in [0, 0.1) is 5.92 Å². The fourth-order valence-corrected chi connectivity index (χ4v) is 3.84. The molecule has 0 bridgehead atoms. The van der Waals surface area contributed by atoms with Crippen molar-refractivity contribution >= 4 is 27.3 Å². The van der Waals surface area contributed by atoms with E-state index in [4.69, 9.17) is 5.14 Å². The topological polar surface area (TPSA) is 80.5 Å². The molecule has 0 radical (unpaired) electrons. The lowest BCUT2D eigenvalue weighted by atomic mass is 10.2. The average molecular weight is 316 g/mol. The number of rotatable bonds is 7. The van der Waals surface area contributed by atoms with Crippen molar-refractivity contribution in [2.45, 2.75) is 36.8 Å². The highest BCUT2D eigenvalue weighted by atomic mass is 32.2. The predicted octanol–water partition coefficient (Wildman–Crippen LogP) is 1.59. The summed E-state index contributed by atoms with van der Waals surface area (Å²) < 4.78 is 22.5. The smallest absolute Gasteiger partial charge is 0.247 e. The third kappa shape index (κ3) is 4.29. The Hall–Kier alpha value is -0.920. The van der Waals surface area contributed by atoms with E-state index in [-0.39, 0.29) is 16.5 Å². The average Bonchev–Trinajstić information content (AvgIpc) is 3.04. The molecule has 1 aliphatic rings. The third-order valence-corrected chi connectivity index (χ3v) is 5.79. The summed E-state index contributed by atoms with van der Waals surface area (Å²) in [6.45, 7) is 3.65. The molecule has 0 unspecified atom stereocenters. The molecule has 1 aromatic rings. The van der Waals surface area contributed by atoms with Gasteiger partial charge >= 0.3 is 0 Å². The number of hydrogen-bond donors (Lipinski definition) is 1. The molecule has 1 amide bonds. The highest BCUT2D eigenvalue weighted by molar-refractivity contribution is 7.91. The van der Waals surface area contributed by atoms with Gasteiger partial charge in [-0.2, -0.15) is 0 Å². The Kier molecular flexibility index (Phi) is 4.82. The van der Waals surface area contributed by atoms with Crippen LogP contribution in [0.1, 0.15) is 31.1 Å².